The molecule has 1 aromatic heterocycles. The molecule has 0 saturated carbocycles. The Hall–Kier alpha value is -2.03. The second kappa shape index (κ2) is 4.66. The first-order valence-electron chi connectivity index (χ1n) is 5.14. The maximum absolute atomic E-state index is 5.56. The largest absolute Gasteiger partial charge is 0.455 e. The molecule has 0 aliphatic carbocycles. The molecule has 0 aliphatic rings. The van der Waals surface area contributed by atoms with Crippen LogP contribution in [0.2, 0.25) is 0 Å². The average Bonchev–Trinajstić information content (AvgIpc) is 2.66. The van der Waals surface area contributed by atoms with E-state index >= 15 is 0 Å². The molecular formula is C13H14N2O. The molecule has 0 aliphatic heterocycles. The smallest absolute Gasteiger partial charge is 0.148 e. The van der Waals surface area contributed by atoms with E-state index in [2.05, 4.69) is 17.1 Å². The van der Waals surface area contributed by atoms with E-state index in [9.17, 15) is 0 Å². The van der Waals surface area contributed by atoms with E-state index in [-0.39, 0.29) is 0 Å². The first kappa shape index (κ1) is 10.5. The number of para-hydroxylation sites is 1. The number of rotatable bonds is 4. The summed E-state index contributed by atoms with van der Waals surface area (Å²) in [5.74, 6) is 0.746. The minimum absolute atomic E-state index is 0.677. The zero-order valence-electron chi connectivity index (χ0n) is 9.23. The number of hydrogen-bond donors (Lipinski definition) is 1. The lowest BCUT2D eigenvalue weighted by Crippen LogP contribution is -2.07. The van der Waals surface area contributed by atoms with E-state index < -0.39 is 0 Å². The molecule has 0 amide bonds. The third kappa shape index (κ3) is 2.51. The number of hydrazone groups is 1. The molecule has 1 heterocycles. The van der Waals surface area contributed by atoms with Gasteiger partial charge in [-0.15, -0.1) is 0 Å². The molecule has 2 aromatic rings. The van der Waals surface area contributed by atoms with Crippen LogP contribution in [0.25, 0.3) is 11.0 Å². The summed E-state index contributed by atoms with van der Waals surface area (Å²) in [5.41, 5.74) is 4.81. The van der Waals surface area contributed by atoms with E-state index in [1.807, 2.05) is 37.3 Å². The molecule has 0 spiro atoms. The van der Waals surface area contributed by atoms with Crippen molar-refractivity contribution in [3.63, 3.8) is 0 Å². The lowest BCUT2D eigenvalue weighted by molar-refractivity contribution is 0.606. The van der Waals surface area contributed by atoms with Crippen molar-refractivity contribution >= 4 is 17.2 Å². The van der Waals surface area contributed by atoms with E-state index in [4.69, 9.17) is 4.42 Å². The topological polar surface area (TPSA) is 37.5 Å². The van der Waals surface area contributed by atoms with E-state index in [0.717, 1.165) is 22.3 Å². The molecule has 3 nitrogen and oxygen atoms in total. The number of nitrogens with zero attached hydrogens (tertiary/aromatic N) is 1. The second-order valence-corrected chi connectivity index (χ2v) is 3.74. The minimum atomic E-state index is 0.677. The monoisotopic (exact) mass is 214 g/mol. The highest BCUT2D eigenvalue weighted by Gasteiger charge is 1.99. The van der Waals surface area contributed by atoms with Gasteiger partial charge in [0.25, 0.3) is 0 Å². The van der Waals surface area contributed by atoms with Crippen LogP contribution in [0.1, 0.15) is 12.7 Å². The third-order valence-electron chi connectivity index (χ3n) is 2.11. The predicted molar refractivity (Wildman–Crippen MR) is 66.6 cm³/mol. The van der Waals surface area contributed by atoms with Crippen molar-refractivity contribution in [2.75, 3.05) is 6.54 Å². The quantitative estimate of drug-likeness (QED) is 0.482. The van der Waals surface area contributed by atoms with Crippen LogP contribution in [0, 0.1) is 0 Å². The fourth-order valence-corrected chi connectivity index (χ4v) is 1.36. The van der Waals surface area contributed by atoms with Crippen LogP contribution in [-0.4, -0.2) is 12.8 Å². The van der Waals surface area contributed by atoms with E-state index in [1.165, 1.54) is 0 Å². The van der Waals surface area contributed by atoms with Gasteiger partial charge in [-0.05, 0) is 19.1 Å². The van der Waals surface area contributed by atoms with Crippen molar-refractivity contribution < 1.29 is 4.42 Å². The summed E-state index contributed by atoms with van der Waals surface area (Å²) in [6.07, 6.45) is 1.67. The molecule has 0 unspecified atom stereocenters. The normalized spacial score (nSPS) is 11.1. The number of furan rings is 1. The summed E-state index contributed by atoms with van der Waals surface area (Å²) in [5, 5.41) is 5.13. The highest BCUT2D eigenvalue weighted by Crippen LogP contribution is 2.17. The van der Waals surface area contributed by atoms with Crippen molar-refractivity contribution in [1.29, 1.82) is 0 Å². The molecule has 1 aromatic carbocycles. The summed E-state index contributed by atoms with van der Waals surface area (Å²) in [7, 11) is 0. The molecule has 0 fully saturated rings. The van der Waals surface area contributed by atoms with Crippen LogP contribution >= 0.6 is 0 Å². The minimum Gasteiger partial charge on any atom is -0.455 e. The zero-order chi connectivity index (χ0) is 11.4. The van der Waals surface area contributed by atoms with Crippen LogP contribution < -0.4 is 5.43 Å². The van der Waals surface area contributed by atoms with Crippen molar-refractivity contribution in [1.82, 2.24) is 5.43 Å². The third-order valence-corrected chi connectivity index (χ3v) is 2.11. The number of hydrogen-bond acceptors (Lipinski definition) is 3. The lowest BCUT2D eigenvalue weighted by Gasteiger charge is -1.95. The Morgan fingerprint density at radius 1 is 1.50 bits per heavy atom. The molecule has 0 atom stereocenters. The molecule has 3 heteroatoms. The van der Waals surface area contributed by atoms with Gasteiger partial charge >= 0.3 is 0 Å². The molecule has 2 rings (SSSR count). The van der Waals surface area contributed by atoms with Gasteiger partial charge in [0.15, 0.2) is 0 Å². The fourth-order valence-electron chi connectivity index (χ4n) is 1.36. The SMILES string of the molecule is C=C(C)CN/N=C/c1cc2ccccc2o1. The Kier molecular flexibility index (Phi) is 3.05. The maximum atomic E-state index is 5.56. The molecular weight excluding hydrogens is 200 g/mol. The summed E-state index contributed by atoms with van der Waals surface area (Å²) in [4.78, 5) is 0. The van der Waals surface area contributed by atoms with Crippen molar-refractivity contribution in [3.8, 4) is 0 Å². The zero-order valence-corrected chi connectivity index (χ0v) is 9.23. The molecule has 0 bridgehead atoms. The van der Waals surface area contributed by atoms with Crippen LogP contribution in [-0.2, 0) is 0 Å². The predicted octanol–water partition coefficient (Wildman–Crippen LogP) is 2.93. The van der Waals surface area contributed by atoms with Crippen LogP contribution in [0.5, 0.6) is 0 Å². The maximum Gasteiger partial charge on any atom is 0.148 e. The molecule has 16 heavy (non-hydrogen) atoms. The van der Waals surface area contributed by atoms with E-state index in [1.54, 1.807) is 6.21 Å². The van der Waals surface area contributed by atoms with Gasteiger partial charge in [-0.1, -0.05) is 30.4 Å². The first-order valence-corrected chi connectivity index (χ1v) is 5.14. The number of fused-ring (bicyclic) bond motifs is 1. The van der Waals surface area contributed by atoms with Crippen LogP contribution in [0.4, 0.5) is 0 Å². The highest BCUT2D eigenvalue weighted by atomic mass is 16.3. The van der Waals surface area contributed by atoms with E-state index in [0.29, 0.717) is 6.54 Å². The molecule has 1 N–H and O–H groups in total. The average molecular weight is 214 g/mol. The highest BCUT2D eigenvalue weighted by molar-refractivity contribution is 5.86. The van der Waals surface area contributed by atoms with Crippen molar-refractivity contribution in [2.45, 2.75) is 6.92 Å². The second-order valence-electron chi connectivity index (χ2n) is 3.74. The summed E-state index contributed by atoms with van der Waals surface area (Å²) in [6.45, 7) is 6.40. The van der Waals surface area contributed by atoms with Gasteiger partial charge in [-0.25, -0.2) is 0 Å². The van der Waals surface area contributed by atoms with Gasteiger partial charge in [0.2, 0.25) is 0 Å². The van der Waals surface area contributed by atoms with Crippen molar-refractivity contribution in [2.24, 2.45) is 5.10 Å². The Balaban J connectivity index is 2.06. The Morgan fingerprint density at radius 2 is 2.31 bits per heavy atom. The molecule has 0 saturated heterocycles. The summed E-state index contributed by atoms with van der Waals surface area (Å²) in [6, 6.07) is 9.84. The first-order chi connectivity index (χ1) is 7.75. The summed E-state index contributed by atoms with van der Waals surface area (Å²) >= 11 is 0. The molecule has 0 radical (unpaired) electrons. The Morgan fingerprint density at radius 3 is 3.06 bits per heavy atom. The summed E-state index contributed by atoms with van der Waals surface area (Å²) < 4.78 is 5.56. The van der Waals surface area contributed by atoms with Gasteiger partial charge in [0, 0.05) is 5.39 Å². The van der Waals surface area contributed by atoms with Gasteiger partial charge in [-0.2, -0.15) is 5.10 Å². The van der Waals surface area contributed by atoms with Crippen molar-refractivity contribution in [3.05, 3.63) is 48.2 Å². The lowest BCUT2D eigenvalue weighted by atomic mass is 10.2. The van der Waals surface area contributed by atoms with Crippen LogP contribution in [0.15, 0.2) is 52.0 Å². The number of benzene rings is 1. The Labute approximate surface area is 94.5 Å². The Bertz CT molecular complexity index is 492. The van der Waals surface area contributed by atoms with Gasteiger partial charge in [0.05, 0.1) is 12.8 Å². The standard InChI is InChI=1S/C13H14N2O/c1-10(2)8-14-15-9-12-7-11-5-3-4-6-13(11)16-12/h3-7,9,14H,1,8H2,2H3/b15-9+. The fraction of sp³-hybridized carbons (Fsp3) is 0.154. The van der Waals surface area contributed by atoms with Crippen LogP contribution in [0.3, 0.4) is 0 Å². The molecule has 82 valence electrons. The van der Waals surface area contributed by atoms with Gasteiger partial charge in [0.1, 0.15) is 11.3 Å². The number of nitrogens with one attached hydrogen (secondary N) is 1. The van der Waals surface area contributed by atoms with Gasteiger partial charge in [-0.3, -0.25) is 0 Å². The van der Waals surface area contributed by atoms with Gasteiger partial charge < -0.3 is 9.84 Å².